The van der Waals surface area contributed by atoms with E-state index < -0.39 is 22.2 Å². The van der Waals surface area contributed by atoms with Gasteiger partial charge in [-0.15, -0.1) is 5.01 Å². The van der Waals surface area contributed by atoms with Gasteiger partial charge in [0.1, 0.15) is 13.2 Å². The van der Waals surface area contributed by atoms with Crippen LogP contribution in [0.1, 0.15) is 0 Å². The van der Waals surface area contributed by atoms with Crippen molar-refractivity contribution in [1.82, 2.24) is 9.42 Å². The zero-order valence-corrected chi connectivity index (χ0v) is 13.0. The molecule has 0 atom stereocenters. The van der Waals surface area contributed by atoms with Gasteiger partial charge in [-0.1, -0.05) is 38.0 Å². The van der Waals surface area contributed by atoms with Crippen LogP contribution in [0, 0.1) is 0 Å². The Balaban J connectivity index is 5.65. The Bertz CT molecular complexity index is 543. The molecule has 0 rings (SSSR count). The van der Waals surface area contributed by atoms with Gasteiger partial charge in [0.25, 0.3) is 0 Å². The molecule has 0 bridgehead atoms. The Morgan fingerprint density at radius 2 is 1.50 bits per heavy atom. The predicted molar refractivity (Wildman–Crippen MR) is 80.9 cm³/mol. The minimum atomic E-state index is -4.01. The molecular formula is C13H18N2O6S. The van der Waals surface area contributed by atoms with E-state index in [-0.39, 0.29) is 18.2 Å². The van der Waals surface area contributed by atoms with Gasteiger partial charge < -0.3 is 9.47 Å². The number of hydrogen-bond donors (Lipinski definition) is 0. The van der Waals surface area contributed by atoms with E-state index in [1.807, 2.05) is 0 Å². The smallest absolute Gasteiger partial charge is 0.440 e. The molecule has 22 heavy (non-hydrogen) atoms. The molecule has 0 aliphatic heterocycles. The number of allylic oxidation sites excluding steroid dienone is 2. The molecule has 0 unspecified atom stereocenters. The van der Waals surface area contributed by atoms with Crippen LogP contribution in [0.15, 0.2) is 50.2 Å². The maximum Gasteiger partial charge on any atom is 0.440 e. The molecule has 0 N–H and O–H groups in total. The summed E-state index contributed by atoms with van der Waals surface area (Å²) in [4.78, 5) is 23.8. The van der Waals surface area contributed by atoms with E-state index in [0.717, 1.165) is 12.5 Å². The lowest BCUT2D eigenvalue weighted by molar-refractivity contribution is 0.0439. The van der Waals surface area contributed by atoms with Gasteiger partial charge in [-0.05, 0) is 6.08 Å². The van der Waals surface area contributed by atoms with Gasteiger partial charge in [-0.3, -0.25) is 0 Å². The van der Waals surface area contributed by atoms with Crippen LogP contribution >= 0.6 is 0 Å². The third-order valence-corrected chi connectivity index (χ3v) is 2.85. The van der Waals surface area contributed by atoms with Crippen LogP contribution in [0.25, 0.3) is 0 Å². The van der Waals surface area contributed by atoms with Gasteiger partial charge in [-0.25, -0.2) is 18.0 Å². The lowest BCUT2D eigenvalue weighted by Crippen LogP contribution is -2.50. The van der Waals surface area contributed by atoms with Gasteiger partial charge in [0, 0.05) is 6.20 Å². The van der Waals surface area contributed by atoms with E-state index in [0.29, 0.717) is 4.41 Å². The molecule has 0 aliphatic carbocycles. The summed E-state index contributed by atoms with van der Waals surface area (Å²) < 4.78 is 33.3. The molecule has 9 heteroatoms. The SMILES string of the molecule is C=C/C=C/N(N(C(=O)OCC=C)C(=O)OCC=C)S(C)(=O)=O. The van der Waals surface area contributed by atoms with Crippen molar-refractivity contribution in [1.29, 1.82) is 0 Å². The first kappa shape index (κ1) is 19.4. The number of hydrazine groups is 1. The van der Waals surface area contributed by atoms with Crippen molar-refractivity contribution in [3.63, 3.8) is 0 Å². The van der Waals surface area contributed by atoms with Crippen molar-refractivity contribution in [2.24, 2.45) is 0 Å². The van der Waals surface area contributed by atoms with Crippen LogP contribution in [-0.4, -0.2) is 49.5 Å². The Morgan fingerprint density at radius 1 is 1.05 bits per heavy atom. The Morgan fingerprint density at radius 3 is 1.82 bits per heavy atom. The third kappa shape index (κ3) is 6.27. The number of hydrogen-bond acceptors (Lipinski definition) is 6. The predicted octanol–water partition coefficient (Wildman–Crippen LogP) is 1.81. The number of imide groups is 1. The molecule has 0 aromatic heterocycles. The van der Waals surface area contributed by atoms with Crippen LogP contribution in [0.3, 0.4) is 0 Å². The summed E-state index contributed by atoms with van der Waals surface area (Å²) in [6.45, 7) is 9.64. The fourth-order valence-corrected chi connectivity index (χ4v) is 1.80. The summed E-state index contributed by atoms with van der Waals surface area (Å²) in [6, 6.07) is 0. The largest absolute Gasteiger partial charge is 0.444 e. The zero-order chi connectivity index (χ0) is 17.2. The molecule has 2 amide bonds. The van der Waals surface area contributed by atoms with Crippen molar-refractivity contribution >= 4 is 22.2 Å². The maximum absolute atomic E-state index is 11.9. The summed E-state index contributed by atoms with van der Waals surface area (Å²) in [7, 11) is -4.01. The van der Waals surface area contributed by atoms with Crippen LogP contribution in [0.2, 0.25) is 0 Å². The standard InChI is InChI=1S/C13H18N2O6S/c1-5-8-9-14(22(4,18)19)15(12(16)20-10-6-2)13(17)21-11-7-3/h5-9H,1-3,10-11H2,4H3/b9-8+. The quantitative estimate of drug-likeness (QED) is 0.383. The summed E-state index contributed by atoms with van der Waals surface area (Å²) in [5.74, 6) is 0. The van der Waals surface area contributed by atoms with Crippen molar-refractivity contribution in [2.75, 3.05) is 19.5 Å². The Hall–Kier alpha value is -2.55. The average molecular weight is 330 g/mol. The topological polar surface area (TPSA) is 93.2 Å². The van der Waals surface area contributed by atoms with Gasteiger partial charge in [0.15, 0.2) is 0 Å². The Kier molecular flexibility index (Phi) is 8.31. The monoisotopic (exact) mass is 330 g/mol. The second kappa shape index (κ2) is 9.40. The number of nitrogens with zero attached hydrogens (tertiary/aromatic N) is 2. The first-order valence-electron chi connectivity index (χ1n) is 5.93. The molecule has 0 fully saturated rings. The van der Waals surface area contributed by atoms with E-state index in [1.165, 1.54) is 24.3 Å². The summed E-state index contributed by atoms with van der Waals surface area (Å²) in [5.41, 5.74) is 0. The minimum Gasteiger partial charge on any atom is -0.444 e. The van der Waals surface area contributed by atoms with Gasteiger partial charge in [-0.2, -0.15) is 4.41 Å². The number of amides is 2. The molecule has 0 saturated carbocycles. The highest BCUT2D eigenvalue weighted by Crippen LogP contribution is 2.11. The van der Waals surface area contributed by atoms with E-state index in [1.54, 1.807) is 0 Å². The van der Waals surface area contributed by atoms with Gasteiger partial charge in [0.05, 0.1) is 6.26 Å². The molecule has 122 valence electrons. The number of rotatable bonds is 8. The van der Waals surface area contributed by atoms with E-state index >= 15 is 0 Å². The number of sulfonamides is 1. The van der Waals surface area contributed by atoms with Crippen LogP contribution in [0.5, 0.6) is 0 Å². The molecule has 0 spiro atoms. The average Bonchev–Trinajstić information content (AvgIpc) is 2.45. The van der Waals surface area contributed by atoms with Crippen molar-refractivity contribution in [3.8, 4) is 0 Å². The van der Waals surface area contributed by atoms with Crippen molar-refractivity contribution in [2.45, 2.75) is 0 Å². The molecule has 0 aliphatic rings. The first-order valence-corrected chi connectivity index (χ1v) is 7.78. The second-order valence-electron chi connectivity index (χ2n) is 3.66. The molecule has 0 heterocycles. The summed E-state index contributed by atoms with van der Waals surface area (Å²) in [5, 5.41) is 0.197. The fraction of sp³-hybridized carbons (Fsp3) is 0.231. The molecule has 0 aromatic carbocycles. The lowest BCUT2D eigenvalue weighted by atomic mass is 10.6. The Labute approximate surface area is 129 Å². The lowest BCUT2D eigenvalue weighted by Gasteiger charge is -2.28. The highest BCUT2D eigenvalue weighted by molar-refractivity contribution is 7.88. The maximum atomic E-state index is 11.9. The van der Waals surface area contributed by atoms with Gasteiger partial charge in [0.2, 0.25) is 10.0 Å². The van der Waals surface area contributed by atoms with E-state index in [9.17, 15) is 18.0 Å². The number of ether oxygens (including phenoxy) is 2. The molecule has 8 nitrogen and oxygen atoms in total. The van der Waals surface area contributed by atoms with E-state index in [2.05, 4.69) is 29.2 Å². The van der Waals surface area contributed by atoms with Crippen LogP contribution < -0.4 is 0 Å². The number of carbonyl (C=O) groups is 2. The molecule has 0 saturated heterocycles. The fourth-order valence-electron chi connectivity index (χ4n) is 1.08. The molecule has 0 aromatic rings. The summed E-state index contributed by atoms with van der Waals surface area (Å²) >= 11 is 0. The number of carbonyl (C=O) groups excluding carboxylic acids is 2. The second-order valence-corrected chi connectivity index (χ2v) is 5.50. The highest BCUT2D eigenvalue weighted by Gasteiger charge is 2.34. The van der Waals surface area contributed by atoms with Crippen LogP contribution in [-0.2, 0) is 19.5 Å². The minimum absolute atomic E-state index is 0.197. The van der Waals surface area contributed by atoms with Crippen LogP contribution in [0.4, 0.5) is 9.59 Å². The van der Waals surface area contributed by atoms with Crippen molar-refractivity contribution in [3.05, 3.63) is 50.2 Å². The third-order valence-electron chi connectivity index (χ3n) is 1.88. The van der Waals surface area contributed by atoms with E-state index in [4.69, 9.17) is 0 Å². The zero-order valence-electron chi connectivity index (χ0n) is 12.2. The van der Waals surface area contributed by atoms with Crippen molar-refractivity contribution < 1.29 is 27.5 Å². The summed E-state index contributed by atoms with van der Waals surface area (Å²) in [6.07, 6.45) is 4.27. The normalized spacial score (nSPS) is 10.6. The molecule has 0 radical (unpaired) electrons. The molecular weight excluding hydrogens is 312 g/mol. The highest BCUT2D eigenvalue weighted by atomic mass is 32.2. The van der Waals surface area contributed by atoms with Gasteiger partial charge >= 0.3 is 12.2 Å². The first-order chi connectivity index (χ1) is 10.3.